The van der Waals surface area contributed by atoms with Gasteiger partial charge in [0, 0.05) is 33.6 Å². The Bertz CT molecular complexity index is 581. The number of aromatic nitrogens is 1. The molecule has 94 valence electrons. The quantitative estimate of drug-likeness (QED) is 0.820. The van der Waals surface area contributed by atoms with Crippen molar-refractivity contribution in [2.45, 2.75) is 32.1 Å². The molecule has 2 aromatic rings. The second-order valence-corrected chi connectivity index (χ2v) is 6.09. The molecule has 2 nitrogen and oxygen atoms in total. The van der Waals surface area contributed by atoms with Gasteiger partial charge in [0.05, 0.1) is 0 Å². The highest BCUT2D eigenvalue weighted by molar-refractivity contribution is 9.10. The van der Waals surface area contributed by atoms with Gasteiger partial charge in [-0.2, -0.15) is 0 Å². The van der Waals surface area contributed by atoms with E-state index < -0.39 is 0 Å². The van der Waals surface area contributed by atoms with Gasteiger partial charge in [-0.1, -0.05) is 47.7 Å². The summed E-state index contributed by atoms with van der Waals surface area (Å²) in [6, 6.07) is 6.02. The van der Waals surface area contributed by atoms with Crippen molar-refractivity contribution in [2.24, 2.45) is 5.92 Å². The zero-order valence-corrected chi connectivity index (χ0v) is 11.8. The number of H-pyrrole nitrogens is 1. The van der Waals surface area contributed by atoms with E-state index >= 15 is 0 Å². The summed E-state index contributed by atoms with van der Waals surface area (Å²) in [5, 5.41) is 1.04. The first-order valence-electron chi connectivity index (χ1n) is 6.54. The van der Waals surface area contributed by atoms with E-state index in [2.05, 4.69) is 20.9 Å². The minimum atomic E-state index is 0.287. The van der Waals surface area contributed by atoms with Crippen LogP contribution in [0, 0.1) is 5.92 Å². The van der Waals surface area contributed by atoms with Gasteiger partial charge in [0.25, 0.3) is 0 Å². The van der Waals surface area contributed by atoms with Gasteiger partial charge in [-0.25, -0.2) is 0 Å². The Balaban J connectivity index is 1.86. The molecule has 0 aliphatic heterocycles. The average Bonchev–Trinajstić information content (AvgIpc) is 2.97. The summed E-state index contributed by atoms with van der Waals surface area (Å²) in [5.74, 6) is 0.897. The van der Waals surface area contributed by atoms with E-state index in [-0.39, 0.29) is 5.78 Å². The molecule has 3 heteroatoms. The molecule has 0 radical (unpaired) electrons. The molecule has 1 fully saturated rings. The lowest BCUT2D eigenvalue weighted by atomic mass is 9.97. The molecular weight excluding hydrogens is 290 g/mol. The van der Waals surface area contributed by atoms with E-state index in [0.29, 0.717) is 12.3 Å². The van der Waals surface area contributed by atoms with Crippen LogP contribution in [-0.2, 0) is 0 Å². The number of nitrogens with one attached hydrogen (secondary N) is 1. The van der Waals surface area contributed by atoms with Gasteiger partial charge in [0.15, 0.2) is 5.78 Å². The normalized spacial score (nSPS) is 16.5. The molecule has 0 saturated heterocycles. The van der Waals surface area contributed by atoms with Gasteiger partial charge in [-0.3, -0.25) is 4.79 Å². The summed E-state index contributed by atoms with van der Waals surface area (Å²) in [7, 11) is 0. The minimum Gasteiger partial charge on any atom is -0.360 e. The molecule has 1 aromatic carbocycles. The highest BCUT2D eigenvalue weighted by Gasteiger charge is 2.20. The summed E-state index contributed by atoms with van der Waals surface area (Å²) in [6.45, 7) is 0. The zero-order chi connectivity index (χ0) is 12.5. The van der Waals surface area contributed by atoms with E-state index in [4.69, 9.17) is 0 Å². The third-order valence-electron chi connectivity index (χ3n) is 3.89. The fourth-order valence-electron chi connectivity index (χ4n) is 2.92. The topological polar surface area (TPSA) is 32.9 Å². The lowest BCUT2D eigenvalue weighted by molar-refractivity contribution is 0.0964. The number of ketones is 1. The first-order chi connectivity index (χ1) is 8.74. The largest absolute Gasteiger partial charge is 0.360 e. The third kappa shape index (κ3) is 2.24. The molecule has 3 rings (SSSR count). The molecular formula is C15H16BrNO. The molecule has 0 spiro atoms. The molecule has 1 heterocycles. The van der Waals surface area contributed by atoms with Crippen LogP contribution in [0.5, 0.6) is 0 Å². The number of fused-ring (bicyclic) bond motifs is 1. The average molecular weight is 306 g/mol. The van der Waals surface area contributed by atoms with Crippen molar-refractivity contribution in [1.29, 1.82) is 0 Å². The highest BCUT2D eigenvalue weighted by atomic mass is 79.9. The van der Waals surface area contributed by atoms with Crippen LogP contribution in [0.2, 0.25) is 0 Å². The molecule has 0 atom stereocenters. The fraction of sp³-hybridized carbons (Fsp3) is 0.400. The van der Waals surface area contributed by atoms with Crippen molar-refractivity contribution in [2.75, 3.05) is 0 Å². The summed E-state index contributed by atoms with van der Waals surface area (Å²) in [5.41, 5.74) is 1.88. The van der Waals surface area contributed by atoms with Crippen LogP contribution in [0.1, 0.15) is 42.5 Å². The predicted molar refractivity (Wildman–Crippen MR) is 76.9 cm³/mol. The Morgan fingerprint density at radius 1 is 1.33 bits per heavy atom. The Morgan fingerprint density at radius 3 is 2.89 bits per heavy atom. The molecule has 1 aliphatic carbocycles. The number of carbonyl (C=O) groups is 1. The first kappa shape index (κ1) is 12.0. The van der Waals surface area contributed by atoms with E-state index in [1.54, 1.807) is 0 Å². The summed E-state index contributed by atoms with van der Waals surface area (Å²) in [6.07, 6.45) is 7.59. The first-order valence-corrected chi connectivity index (χ1v) is 7.33. The number of halogens is 1. The number of rotatable bonds is 3. The lowest BCUT2D eigenvalue weighted by Gasteiger charge is -2.06. The zero-order valence-electron chi connectivity index (χ0n) is 10.2. The van der Waals surface area contributed by atoms with Crippen molar-refractivity contribution in [3.05, 3.63) is 34.4 Å². The Labute approximate surface area is 115 Å². The number of benzene rings is 1. The van der Waals surface area contributed by atoms with Crippen LogP contribution >= 0.6 is 15.9 Å². The Hall–Kier alpha value is -1.09. The molecule has 1 aromatic heterocycles. The van der Waals surface area contributed by atoms with Gasteiger partial charge in [0.2, 0.25) is 0 Å². The molecule has 1 N–H and O–H groups in total. The van der Waals surface area contributed by atoms with Gasteiger partial charge in [0.1, 0.15) is 0 Å². The van der Waals surface area contributed by atoms with E-state index in [9.17, 15) is 4.79 Å². The second-order valence-electron chi connectivity index (χ2n) is 5.17. The van der Waals surface area contributed by atoms with E-state index in [1.165, 1.54) is 25.7 Å². The maximum Gasteiger partial charge on any atom is 0.165 e. The summed E-state index contributed by atoms with van der Waals surface area (Å²) in [4.78, 5) is 15.5. The molecule has 18 heavy (non-hydrogen) atoms. The second kappa shape index (κ2) is 4.88. The van der Waals surface area contributed by atoms with Crippen LogP contribution in [0.25, 0.3) is 10.9 Å². The van der Waals surface area contributed by atoms with Gasteiger partial charge >= 0.3 is 0 Å². The Morgan fingerprint density at radius 2 is 2.11 bits per heavy atom. The third-order valence-corrected chi connectivity index (χ3v) is 4.39. The number of Topliss-reactive ketones (excluding diaryl/α,β-unsaturated/α-hetero) is 1. The van der Waals surface area contributed by atoms with Crippen LogP contribution in [0.15, 0.2) is 28.9 Å². The molecule has 0 unspecified atom stereocenters. The van der Waals surface area contributed by atoms with Crippen LogP contribution < -0.4 is 0 Å². The predicted octanol–water partition coefficient (Wildman–Crippen LogP) is 4.69. The number of hydrogen-bond donors (Lipinski definition) is 1. The maximum atomic E-state index is 12.3. The van der Waals surface area contributed by atoms with Gasteiger partial charge in [-0.15, -0.1) is 0 Å². The smallest absolute Gasteiger partial charge is 0.165 e. The summed E-state index contributed by atoms with van der Waals surface area (Å²) >= 11 is 3.44. The lowest BCUT2D eigenvalue weighted by Crippen LogP contribution is -2.05. The molecule has 1 saturated carbocycles. The van der Waals surface area contributed by atoms with Crippen molar-refractivity contribution >= 4 is 32.6 Å². The van der Waals surface area contributed by atoms with Crippen LogP contribution in [-0.4, -0.2) is 10.8 Å². The van der Waals surface area contributed by atoms with Gasteiger partial charge < -0.3 is 4.98 Å². The Kier molecular flexibility index (Phi) is 3.25. The number of carbonyl (C=O) groups excluding carboxylic acids is 1. The molecule has 1 aliphatic rings. The van der Waals surface area contributed by atoms with Crippen LogP contribution in [0.3, 0.4) is 0 Å². The maximum absolute atomic E-state index is 12.3. The SMILES string of the molecule is O=C(CC1CCCC1)c1c[nH]c2cc(Br)ccc12. The standard InChI is InChI=1S/C15H16BrNO/c16-11-5-6-12-13(9-17-14(12)8-11)15(18)7-10-3-1-2-4-10/h5-6,8-10,17H,1-4,7H2. The van der Waals surface area contributed by atoms with Crippen molar-refractivity contribution in [3.8, 4) is 0 Å². The van der Waals surface area contributed by atoms with Crippen molar-refractivity contribution in [3.63, 3.8) is 0 Å². The minimum absolute atomic E-state index is 0.287. The number of hydrogen-bond acceptors (Lipinski definition) is 1. The highest BCUT2D eigenvalue weighted by Crippen LogP contribution is 2.30. The van der Waals surface area contributed by atoms with Crippen LogP contribution in [0.4, 0.5) is 0 Å². The number of aromatic amines is 1. The monoisotopic (exact) mass is 305 g/mol. The van der Waals surface area contributed by atoms with E-state index in [1.807, 2.05) is 24.4 Å². The fourth-order valence-corrected chi connectivity index (χ4v) is 3.28. The molecule has 0 amide bonds. The summed E-state index contributed by atoms with van der Waals surface area (Å²) < 4.78 is 1.03. The van der Waals surface area contributed by atoms with E-state index in [0.717, 1.165) is 20.9 Å². The van der Waals surface area contributed by atoms with Gasteiger partial charge in [-0.05, 0) is 18.1 Å². The molecule has 0 bridgehead atoms. The van der Waals surface area contributed by atoms with Crippen molar-refractivity contribution in [1.82, 2.24) is 4.98 Å². The van der Waals surface area contributed by atoms with Crippen molar-refractivity contribution < 1.29 is 4.79 Å².